The van der Waals surface area contributed by atoms with E-state index in [1.807, 2.05) is 25.1 Å². The molecule has 0 fully saturated rings. The Morgan fingerprint density at radius 3 is 2.72 bits per heavy atom. The van der Waals surface area contributed by atoms with Gasteiger partial charge in [0.05, 0.1) is 4.47 Å². The third-order valence-electron chi connectivity index (χ3n) is 2.28. The number of benzene rings is 1. The van der Waals surface area contributed by atoms with Crippen molar-refractivity contribution in [1.29, 1.82) is 0 Å². The Balaban J connectivity index is 2.07. The maximum absolute atomic E-state index is 5.66. The third kappa shape index (κ3) is 6.73. The van der Waals surface area contributed by atoms with Crippen LogP contribution in [0.25, 0.3) is 0 Å². The molecule has 102 valence electrons. The fourth-order valence-electron chi connectivity index (χ4n) is 1.39. The van der Waals surface area contributed by atoms with E-state index in [-0.39, 0.29) is 0 Å². The van der Waals surface area contributed by atoms with Gasteiger partial charge in [-0.15, -0.1) is 0 Å². The number of halogens is 2. The molecule has 0 spiro atoms. The van der Waals surface area contributed by atoms with Crippen molar-refractivity contribution in [1.82, 2.24) is 5.32 Å². The summed E-state index contributed by atoms with van der Waals surface area (Å²) in [6.45, 7) is 6.09. The highest BCUT2D eigenvalue weighted by atomic mass is 79.9. The predicted octanol–water partition coefficient (Wildman–Crippen LogP) is 3.61. The summed E-state index contributed by atoms with van der Waals surface area (Å²) in [5, 5.41) is 3.32. The number of nitrogens with one attached hydrogen (secondary N) is 1. The highest BCUT2D eigenvalue weighted by Crippen LogP contribution is 2.27. The summed E-state index contributed by atoms with van der Waals surface area (Å²) in [6, 6.07) is 5.89. The van der Waals surface area contributed by atoms with Gasteiger partial charge in [0, 0.05) is 24.2 Å². The topological polar surface area (TPSA) is 30.5 Å². The van der Waals surface area contributed by atoms with Crippen LogP contribution in [0.2, 0.25) is 0 Å². The lowest BCUT2D eigenvalue weighted by atomic mass is 10.3. The minimum Gasteiger partial charge on any atom is -0.491 e. The zero-order chi connectivity index (χ0) is 13.2. The fraction of sp³-hybridized carbons (Fsp3) is 0.538. The molecule has 3 nitrogen and oxygen atoms in total. The number of hydrogen-bond donors (Lipinski definition) is 1. The standard InChI is InChI=1S/C13H19Br2NO2/c1-2-17-8-3-6-16-7-9-18-13-5-4-11(14)10-12(13)15/h4-5,10,16H,2-3,6-9H2,1H3. The van der Waals surface area contributed by atoms with E-state index in [0.29, 0.717) is 6.61 Å². The third-order valence-corrected chi connectivity index (χ3v) is 3.39. The van der Waals surface area contributed by atoms with Crippen LogP contribution in [-0.2, 0) is 4.74 Å². The van der Waals surface area contributed by atoms with Crippen molar-refractivity contribution in [2.75, 3.05) is 32.9 Å². The van der Waals surface area contributed by atoms with Crippen LogP contribution in [0.5, 0.6) is 5.75 Å². The van der Waals surface area contributed by atoms with Gasteiger partial charge in [-0.2, -0.15) is 0 Å². The molecule has 1 rings (SSSR count). The van der Waals surface area contributed by atoms with Crippen LogP contribution in [0, 0.1) is 0 Å². The van der Waals surface area contributed by atoms with Gasteiger partial charge in [0.1, 0.15) is 12.4 Å². The maximum Gasteiger partial charge on any atom is 0.133 e. The van der Waals surface area contributed by atoms with E-state index in [1.165, 1.54) is 0 Å². The molecule has 0 saturated carbocycles. The first kappa shape index (κ1) is 16.0. The van der Waals surface area contributed by atoms with Gasteiger partial charge in [-0.3, -0.25) is 0 Å². The Hall–Kier alpha value is -0.100. The predicted molar refractivity (Wildman–Crippen MR) is 81.3 cm³/mol. The van der Waals surface area contributed by atoms with Gasteiger partial charge in [0.2, 0.25) is 0 Å². The molecule has 0 aromatic heterocycles. The smallest absolute Gasteiger partial charge is 0.133 e. The molecular weight excluding hydrogens is 362 g/mol. The van der Waals surface area contributed by atoms with Gasteiger partial charge >= 0.3 is 0 Å². The molecule has 0 radical (unpaired) electrons. The molecule has 5 heteroatoms. The average molecular weight is 381 g/mol. The van der Waals surface area contributed by atoms with Gasteiger partial charge in [0.15, 0.2) is 0 Å². The molecule has 0 saturated heterocycles. The van der Waals surface area contributed by atoms with Gasteiger partial charge in [-0.25, -0.2) is 0 Å². The summed E-state index contributed by atoms with van der Waals surface area (Å²) in [4.78, 5) is 0. The fourth-order valence-corrected chi connectivity index (χ4v) is 2.56. The van der Waals surface area contributed by atoms with E-state index >= 15 is 0 Å². The summed E-state index contributed by atoms with van der Waals surface area (Å²) in [7, 11) is 0. The minimum absolute atomic E-state index is 0.662. The molecule has 0 aliphatic carbocycles. The summed E-state index contributed by atoms with van der Waals surface area (Å²) in [6.07, 6.45) is 1.04. The first-order valence-electron chi connectivity index (χ1n) is 6.10. The van der Waals surface area contributed by atoms with Crippen LogP contribution in [0.1, 0.15) is 13.3 Å². The average Bonchev–Trinajstić information content (AvgIpc) is 2.35. The first-order valence-corrected chi connectivity index (χ1v) is 7.69. The molecule has 1 N–H and O–H groups in total. The second kappa shape index (κ2) is 9.78. The highest BCUT2D eigenvalue weighted by Gasteiger charge is 2.00. The molecule has 0 heterocycles. The van der Waals surface area contributed by atoms with E-state index in [0.717, 1.165) is 47.4 Å². The second-order valence-electron chi connectivity index (χ2n) is 3.72. The molecule has 1 aromatic carbocycles. The summed E-state index contributed by atoms with van der Waals surface area (Å²) >= 11 is 6.88. The summed E-state index contributed by atoms with van der Waals surface area (Å²) in [5.74, 6) is 0.870. The van der Waals surface area contributed by atoms with Gasteiger partial charge in [-0.1, -0.05) is 15.9 Å². The van der Waals surface area contributed by atoms with Crippen molar-refractivity contribution in [3.63, 3.8) is 0 Å². The zero-order valence-corrected chi connectivity index (χ0v) is 13.7. The quantitative estimate of drug-likeness (QED) is 0.664. The largest absolute Gasteiger partial charge is 0.491 e. The van der Waals surface area contributed by atoms with Gasteiger partial charge in [-0.05, 0) is 54.0 Å². The van der Waals surface area contributed by atoms with Crippen molar-refractivity contribution >= 4 is 31.9 Å². The van der Waals surface area contributed by atoms with E-state index in [9.17, 15) is 0 Å². The summed E-state index contributed by atoms with van der Waals surface area (Å²) in [5.41, 5.74) is 0. The highest BCUT2D eigenvalue weighted by molar-refractivity contribution is 9.11. The van der Waals surface area contributed by atoms with Crippen molar-refractivity contribution in [2.45, 2.75) is 13.3 Å². The van der Waals surface area contributed by atoms with Crippen LogP contribution in [0.4, 0.5) is 0 Å². The van der Waals surface area contributed by atoms with Crippen molar-refractivity contribution < 1.29 is 9.47 Å². The lowest BCUT2D eigenvalue weighted by Crippen LogP contribution is -2.23. The minimum atomic E-state index is 0.662. The number of ether oxygens (including phenoxy) is 2. The molecule has 0 atom stereocenters. The monoisotopic (exact) mass is 379 g/mol. The first-order chi connectivity index (χ1) is 8.74. The van der Waals surface area contributed by atoms with Gasteiger partial charge in [0.25, 0.3) is 0 Å². The Labute approximate surface area is 125 Å². The number of rotatable bonds is 9. The van der Waals surface area contributed by atoms with Crippen molar-refractivity contribution in [3.05, 3.63) is 27.1 Å². The van der Waals surface area contributed by atoms with E-state index in [1.54, 1.807) is 0 Å². The summed E-state index contributed by atoms with van der Waals surface area (Å²) < 4.78 is 12.9. The molecule has 0 bridgehead atoms. The van der Waals surface area contributed by atoms with Crippen molar-refractivity contribution in [2.24, 2.45) is 0 Å². The maximum atomic E-state index is 5.66. The molecule has 1 aromatic rings. The van der Waals surface area contributed by atoms with Crippen LogP contribution < -0.4 is 10.1 Å². The molecular formula is C13H19Br2NO2. The Morgan fingerprint density at radius 1 is 1.17 bits per heavy atom. The normalized spacial score (nSPS) is 10.6. The molecule has 0 aliphatic heterocycles. The molecule has 18 heavy (non-hydrogen) atoms. The number of hydrogen-bond acceptors (Lipinski definition) is 3. The Kier molecular flexibility index (Phi) is 8.67. The molecule has 0 aliphatic rings. The Bertz CT molecular complexity index is 348. The van der Waals surface area contributed by atoms with E-state index < -0.39 is 0 Å². The SMILES string of the molecule is CCOCCCNCCOc1ccc(Br)cc1Br. The van der Waals surface area contributed by atoms with Crippen LogP contribution in [0.3, 0.4) is 0 Å². The lowest BCUT2D eigenvalue weighted by molar-refractivity contribution is 0.144. The van der Waals surface area contributed by atoms with E-state index in [4.69, 9.17) is 9.47 Å². The second-order valence-corrected chi connectivity index (χ2v) is 5.49. The molecule has 0 amide bonds. The van der Waals surface area contributed by atoms with Crippen molar-refractivity contribution in [3.8, 4) is 5.75 Å². The van der Waals surface area contributed by atoms with Crippen LogP contribution in [0.15, 0.2) is 27.1 Å². The van der Waals surface area contributed by atoms with Gasteiger partial charge < -0.3 is 14.8 Å². The van der Waals surface area contributed by atoms with E-state index in [2.05, 4.69) is 37.2 Å². The van der Waals surface area contributed by atoms with Crippen LogP contribution >= 0.6 is 31.9 Å². The zero-order valence-electron chi connectivity index (χ0n) is 10.5. The lowest BCUT2D eigenvalue weighted by Gasteiger charge is -2.09. The van der Waals surface area contributed by atoms with Crippen LogP contribution in [-0.4, -0.2) is 32.9 Å². The molecule has 0 unspecified atom stereocenters. The Morgan fingerprint density at radius 2 is 2.00 bits per heavy atom.